The number of esters is 1. The predicted octanol–water partition coefficient (Wildman–Crippen LogP) is 3.82. The van der Waals surface area contributed by atoms with Crippen molar-refractivity contribution in [1.29, 1.82) is 0 Å². The maximum absolute atomic E-state index is 12.7. The first kappa shape index (κ1) is 16.5. The molecule has 1 heterocycles. The van der Waals surface area contributed by atoms with E-state index in [1.165, 1.54) is 24.8 Å². The molecule has 1 aliphatic heterocycles. The van der Waals surface area contributed by atoms with Crippen LogP contribution in [0.15, 0.2) is 30.3 Å². The summed E-state index contributed by atoms with van der Waals surface area (Å²) >= 11 is 0. The molecule has 0 radical (unpaired) electrons. The van der Waals surface area contributed by atoms with Gasteiger partial charge in [-0.3, -0.25) is 4.79 Å². The van der Waals surface area contributed by atoms with E-state index in [1.807, 2.05) is 13.0 Å². The second-order valence-corrected chi connectivity index (χ2v) is 7.11. The summed E-state index contributed by atoms with van der Waals surface area (Å²) in [7, 11) is 0. The van der Waals surface area contributed by atoms with Gasteiger partial charge >= 0.3 is 5.97 Å². The van der Waals surface area contributed by atoms with Crippen LogP contribution in [0.5, 0.6) is 0 Å². The highest BCUT2D eigenvalue weighted by atomic mass is 16.5. The Morgan fingerprint density at radius 1 is 1.22 bits per heavy atom. The molecule has 3 rings (SSSR count). The Bertz CT molecular complexity index is 502. The smallest absolute Gasteiger partial charge is 0.312 e. The number of hydrogen-bond donors (Lipinski definition) is 0. The van der Waals surface area contributed by atoms with Crippen LogP contribution in [0.2, 0.25) is 0 Å². The predicted molar refractivity (Wildman–Crippen MR) is 92.3 cm³/mol. The molecule has 3 nitrogen and oxygen atoms in total. The molecule has 1 aliphatic carbocycles. The summed E-state index contributed by atoms with van der Waals surface area (Å²) in [6.07, 6.45) is 7.84. The van der Waals surface area contributed by atoms with Gasteiger partial charge in [-0.2, -0.15) is 0 Å². The van der Waals surface area contributed by atoms with Crippen LogP contribution in [-0.4, -0.2) is 36.6 Å². The Balaban J connectivity index is 1.64. The monoisotopic (exact) mass is 315 g/mol. The average molecular weight is 315 g/mol. The van der Waals surface area contributed by atoms with Gasteiger partial charge in [-0.1, -0.05) is 36.8 Å². The summed E-state index contributed by atoms with van der Waals surface area (Å²) < 4.78 is 5.45. The first-order valence-corrected chi connectivity index (χ1v) is 9.19. The van der Waals surface area contributed by atoms with Gasteiger partial charge in [0, 0.05) is 6.04 Å². The number of rotatable bonds is 6. The molecular weight excluding hydrogens is 286 g/mol. The van der Waals surface area contributed by atoms with E-state index >= 15 is 0 Å². The fraction of sp³-hybridized carbons (Fsp3) is 0.650. The number of carbonyl (C=O) groups excluding carboxylic acids is 1. The van der Waals surface area contributed by atoms with E-state index in [0.717, 1.165) is 44.8 Å². The molecule has 1 aromatic rings. The zero-order valence-electron chi connectivity index (χ0n) is 14.3. The first-order chi connectivity index (χ1) is 11.2. The third-order valence-corrected chi connectivity index (χ3v) is 5.79. The minimum Gasteiger partial charge on any atom is -0.466 e. The van der Waals surface area contributed by atoms with Gasteiger partial charge in [-0.25, -0.2) is 0 Å². The van der Waals surface area contributed by atoms with Crippen molar-refractivity contribution in [2.24, 2.45) is 5.41 Å². The van der Waals surface area contributed by atoms with Crippen LogP contribution in [0, 0.1) is 5.41 Å². The van der Waals surface area contributed by atoms with Crippen LogP contribution < -0.4 is 0 Å². The number of ether oxygens (including phenoxy) is 1. The zero-order chi connectivity index (χ0) is 16.1. The van der Waals surface area contributed by atoms with E-state index in [2.05, 4.69) is 29.2 Å². The van der Waals surface area contributed by atoms with Crippen LogP contribution in [0.1, 0.15) is 51.0 Å². The molecule has 1 saturated heterocycles. The van der Waals surface area contributed by atoms with Crippen LogP contribution in [0.25, 0.3) is 0 Å². The van der Waals surface area contributed by atoms with Gasteiger partial charge in [0.1, 0.15) is 0 Å². The van der Waals surface area contributed by atoms with Gasteiger partial charge in [0.25, 0.3) is 0 Å². The number of piperidine rings is 1. The minimum absolute atomic E-state index is 0.0317. The molecule has 3 heteroatoms. The lowest BCUT2D eigenvalue weighted by Gasteiger charge is -2.45. The summed E-state index contributed by atoms with van der Waals surface area (Å²) in [5.74, 6) is 0.0317. The molecule has 23 heavy (non-hydrogen) atoms. The van der Waals surface area contributed by atoms with Crippen molar-refractivity contribution >= 4 is 5.97 Å². The second kappa shape index (κ2) is 7.48. The van der Waals surface area contributed by atoms with Crippen molar-refractivity contribution in [3.05, 3.63) is 35.9 Å². The van der Waals surface area contributed by atoms with Gasteiger partial charge in [-0.15, -0.1) is 0 Å². The largest absolute Gasteiger partial charge is 0.466 e. The summed E-state index contributed by atoms with van der Waals surface area (Å²) in [6, 6.07) is 11.3. The summed E-state index contributed by atoms with van der Waals surface area (Å²) in [5, 5.41) is 0. The van der Waals surface area contributed by atoms with Crippen molar-refractivity contribution in [3.8, 4) is 0 Å². The van der Waals surface area contributed by atoms with E-state index in [4.69, 9.17) is 4.74 Å². The Hall–Kier alpha value is -1.35. The topological polar surface area (TPSA) is 29.5 Å². The Morgan fingerprint density at radius 2 is 1.91 bits per heavy atom. The maximum Gasteiger partial charge on any atom is 0.312 e. The lowest BCUT2D eigenvalue weighted by Crippen LogP contribution is -2.50. The van der Waals surface area contributed by atoms with Gasteiger partial charge in [0.05, 0.1) is 12.0 Å². The van der Waals surface area contributed by atoms with E-state index in [0.29, 0.717) is 6.61 Å². The quantitative estimate of drug-likeness (QED) is 0.748. The van der Waals surface area contributed by atoms with Crippen molar-refractivity contribution < 1.29 is 9.53 Å². The van der Waals surface area contributed by atoms with E-state index in [9.17, 15) is 4.79 Å². The van der Waals surface area contributed by atoms with Crippen molar-refractivity contribution in [1.82, 2.24) is 4.90 Å². The Labute approximate surface area is 140 Å². The number of aryl methyl sites for hydroxylation is 1. The summed E-state index contributed by atoms with van der Waals surface area (Å²) in [5.41, 5.74) is 1.05. The van der Waals surface area contributed by atoms with Gasteiger partial charge in [0.15, 0.2) is 0 Å². The molecule has 0 aromatic heterocycles. The van der Waals surface area contributed by atoms with Gasteiger partial charge in [-0.05, 0) is 64.1 Å². The zero-order valence-corrected chi connectivity index (χ0v) is 14.3. The molecule has 0 spiro atoms. The Kier molecular flexibility index (Phi) is 5.37. The van der Waals surface area contributed by atoms with Crippen LogP contribution in [0.4, 0.5) is 0 Å². The number of likely N-dealkylation sites (tertiary alicyclic amines) is 1. The second-order valence-electron chi connectivity index (χ2n) is 7.11. The fourth-order valence-electron chi connectivity index (χ4n) is 3.94. The van der Waals surface area contributed by atoms with Crippen molar-refractivity contribution in [2.45, 2.75) is 57.9 Å². The molecule has 0 bridgehead atoms. The van der Waals surface area contributed by atoms with Crippen molar-refractivity contribution in [2.75, 3.05) is 19.7 Å². The molecule has 1 saturated carbocycles. The van der Waals surface area contributed by atoms with Crippen molar-refractivity contribution in [3.63, 3.8) is 0 Å². The van der Waals surface area contributed by atoms with Crippen LogP contribution in [-0.2, 0) is 16.0 Å². The SMILES string of the molecule is CCOC(=O)C1(CCc2ccccc2)CCN(C2CCC2)CC1. The molecule has 0 amide bonds. The lowest BCUT2D eigenvalue weighted by atomic mass is 9.73. The number of nitrogens with zero attached hydrogens (tertiary/aromatic N) is 1. The van der Waals surface area contributed by atoms with Gasteiger partial charge < -0.3 is 9.64 Å². The number of carbonyl (C=O) groups is 1. The molecule has 1 aromatic carbocycles. The summed E-state index contributed by atoms with van der Waals surface area (Å²) in [6.45, 7) is 4.50. The highest BCUT2D eigenvalue weighted by molar-refractivity contribution is 5.77. The van der Waals surface area contributed by atoms with E-state index < -0.39 is 0 Å². The third-order valence-electron chi connectivity index (χ3n) is 5.79. The lowest BCUT2D eigenvalue weighted by molar-refractivity contribution is -0.160. The fourth-order valence-corrected chi connectivity index (χ4v) is 3.94. The molecule has 0 atom stereocenters. The van der Waals surface area contributed by atoms with E-state index in [1.54, 1.807) is 0 Å². The molecule has 126 valence electrons. The first-order valence-electron chi connectivity index (χ1n) is 9.19. The number of hydrogen-bond acceptors (Lipinski definition) is 3. The standard InChI is InChI=1S/C20H29NO2/c1-2-23-19(22)20(12-11-17-7-4-3-5-8-17)13-15-21(16-14-20)18-9-6-10-18/h3-5,7-8,18H,2,6,9-16H2,1H3. The molecule has 0 unspecified atom stereocenters. The van der Waals surface area contributed by atoms with E-state index in [-0.39, 0.29) is 11.4 Å². The highest BCUT2D eigenvalue weighted by Gasteiger charge is 2.43. The minimum atomic E-state index is -0.272. The van der Waals surface area contributed by atoms with Crippen LogP contribution >= 0.6 is 0 Å². The number of benzene rings is 1. The third kappa shape index (κ3) is 3.77. The average Bonchev–Trinajstić information content (AvgIpc) is 2.54. The Morgan fingerprint density at radius 3 is 2.48 bits per heavy atom. The molecule has 0 N–H and O–H groups in total. The maximum atomic E-state index is 12.7. The molecular formula is C20H29NO2. The van der Waals surface area contributed by atoms with Gasteiger partial charge in [0.2, 0.25) is 0 Å². The normalized spacial score (nSPS) is 21.6. The van der Waals surface area contributed by atoms with Crippen LogP contribution in [0.3, 0.4) is 0 Å². The molecule has 2 fully saturated rings. The highest BCUT2D eigenvalue weighted by Crippen LogP contribution is 2.40. The molecule has 2 aliphatic rings. The summed E-state index contributed by atoms with van der Waals surface area (Å²) in [4.78, 5) is 15.3.